The second-order valence-corrected chi connectivity index (χ2v) is 3.64. The second kappa shape index (κ2) is 1.69. The molecule has 0 aromatic heterocycles. The van der Waals surface area contributed by atoms with E-state index in [1.807, 2.05) is 13.0 Å². The number of imide groups is 1. The molecule has 66 valence electrons. The van der Waals surface area contributed by atoms with Crippen LogP contribution in [-0.4, -0.2) is 17.4 Å². The van der Waals surface area contributed by atoms with Crippen molar-refractivity contribution in [2.45, 2.75) is 18.9 Å². The largest absolute Gasteiger partial charge is 0.482 e. The van der Waals surface area contributed by atoms with Gasteiger partial charge in [-0.25, -0.2) is 0 Å². The molecule has 1 N–H and O–H groups in total. The van der Waals surface area contributed by atoms with E-state index in [1.54, 1.807) is 0 Å². The summed E-state index contributed by atoms with van der Waals surface area (Å²) >= 11 is 0. The van der Waals surface area contributed by atoms with Gasteiger partial charge in [0.1, 0.15) is 11.4 Å². The van der Waals surface area contributed by atoms with Crippen LogP contribution in [0.3, 0.4) is 0 Å². The highest BCUT2D eigenvalue weighted by atomic mass is 16.5. The molecule has 2 amide bonds. The summed E-state index contributed by atoms with van der Waals surface area (Å²) in [5, 5.41) is 2.27. The van der Waals surface area contributed by atoms with Crippen molar-refractivity contribution >= 4 is 11.8 Å². The molecule has 0 aliphatic carbocycles. The van der Waals surface area contributed by atoms with Gasteiger partial charge < -0.3 is 4.74 Å². The van der Waals surface area contributed by atoms with E-state index >= 15 is 0 Å². The fourth-order valence-corrected chi connectivity index (χ4v) is 2.11. The fraction of sp³-hybridized carbons (Fsp3) is 0.333. The Labute approximate surface area is 74.2 Å². The Morgan fingerprint density at radius 3 is 2.92 bits per heavy atom. The normalized spacial score (nSPS) is 34.7. The van der Waals surface area contributed by atoms with Crippen LogP contribution in [0.1, 0.15) is 13.3 Å². The molecule has 0 aromatic carbocycles. The standard InChI is InChI=1S/C9H7NO3/c1-9-3-2-4(13-9)5-6(9)8(12)10-7(5)11/h2H,3H2,1H3,(H,10,11,12). The Balaban J connectivity index is 2.29. The summed E-state index contributed by atoms with van der Waals surface area (Å²) in [5.41, 5.74) is 0.370. The van der Waals surface area contributed by atoms with Crippen molar-refractivity contribution in [1.29, 1.82) is 0 Å². The quantitative estimate of drug-likeness (QED) is 0.530. The van der Waals surface area contributed by atoms with Gasteiger partial charge in [0.05, 0.1) is 11.1 Å². The monoisotopic (exact) mass is 177 g/mol. The molecule has 3 aliphatic rings. The lowest BCUT2D eigenvalue weighted by molar-refractivity contribution is -0.125. The predicted octanol–water partition coefficient (Wildman–Crippen LogP) is 0.0159. The number of ether oxygens (including phenoxy) is 1. The van der Waals surface area contributed by atoms with Crippen molar-refractivity contribution in [2.75, 3.05) is 0 Å². The van der Waals surface area contributed by atoms with E-state index in [4.69, 9.17) is 4.74 Å². The Morgan fingerprint density at radius 2 is 2.23 bits per heavy atom. The van der Waals surface area contributed by atoms with Crippen LogP contribution in [-0.2, 0) is 14.3 Å². The molecule has 2 bridgehead atoms. The van der Waals surface area contributed by atoms with Crippen molar-refractivity contribution in [3.8, 4) is 0 Å². The molecule has 3 heterocycles. The molecule has 1 atom stereocenters. The van der Waals surface area contributed by atoms with Crippen molar-refractivity contribution in [3.63, 3.8) is 0 Å². The molecular weight excluding hydrogens is 170 g/mol. The number of carbonyl (C=O) groups is 2. The summed E-state index contributed by atoms with van der Waals surface area (Å²) in [6.07, 6.45) is 2.54. The lowest BCUT2D eigenvalue weighted by Gasteiger charge is -2.20. The van der Waals surface area contributed by atoms with E-state index in [0.29, 0.717) is 23.3 Å². The first kappa shape index (κ1) is 6.88. The highest BCUT2D eigenvalue weighted by Gasteiger charge is 2.54. The topological polar surface area (TPSA) is 55.4 Å². The molecule has 3 rings (SSSR count). The molecule has 0 saturated carbocycles. The van der Waals surface area contributed by atoms with Gasteiger partial charge in [-0.1, -0.05) is 0 Å². The van der Waals surface area contributed by atoms with Crippen LogP contribution in [0.4, 0.5) is 0 Å². The minimum Gasteiger partial charge on any atom is -0.482 e. The molecule has 4 nitrogen and oxygen atoms in total. The smallest absolute Gasteiger partial charge is 0.262 e. The predicted molar refractivity (Wildman–Crippen MR) is 42.4 cm³/mol. The van der Waals surface area contributed by atoms with Gasteiger partial charge in [-0.15, -0.1) is 0 Å². The Hall–Kier alpha value is -1.58. The SMILES string of the molecule is CC12CC=C(O1)C1=C2C(=O)NC1=O. The average Bonchev–Trinajstić information content (AvgIpc) is 2.62. The van der Waals surface area contributed by atoms with Crippen LogP contribution in [0.15, 0.2) is 23.0 Å². The minimum atomic E-state index is -0.582. The summed E-state index contributed by atoms with van der Waals surface area (Å²) in [4.78, 5) is 22.7. The highest BCUT2D eigenvalue weighted by Crippen LogP contribution is 2.48. The second-order valence-electron chi connectivity index (χ2n) is 3.64. The average molecular weight is 177 g/mol. The van der Waals surface area contributed by atoms with E-state index < -0.39 is 5.60 Å². The summed E-state index contributed by atoms with van der Waals surface area (Å²) in [6, 6.07) is 0. The zero-order valence-electron chi connectivity index (χ0n) is 7.01. The van der Waals surface area contributed by atoms with Crippen molar-refractivity contribution < 1.29 is 14.3 Å². The van der Waals surface area contributed by atoms with Gasteiger partial charge in [0, 0.05) is 6.42 Å². The number of nitrogens with one attached hydrogen (secondary N) is 1. The number of hydrogen-bond donors (Lipinski definition) is 1. The van der Waals surface area contributed by atoms with Gasteiger partial charge in [-0.05, 0) is 13.0 Å². The summed E-state index contributed by atoms with van der Waals surface area (Å²) in [6.45, 7) is 1.83. The highest BCUT2D eigenvalue weighted by molar-refractivity contribution is 6.23. The lowest BCUT2D eigenvalue weighted by atomic mass is 9.88. The Kier molecular flexibility index (Phi) is 0.893. The van der Waals surface area contributed by atoms with Crippen LogP contribution in [0.5, 0.6) is 0 Å². The molecule has 0 spiro atoms. The van der Waals surface area contributed by atoms with Crippen LogP contribution < -0.4 is 5.32 Å². The number of hydrogen-bond acceptors (Lipinski definition) is 3. The van der Waals surface area contributed by atoms with Gasteiger partial charge in [-0.3, -0.25) is 14.9 Å². The summed E-state index contributed by atoms with van der Waals surface area (Å²) < 4.78 is 5.47. The van der Waals surface area contributed by atoms with Crippen LogP contribution >= 0.6 is 0 Å². The number of carbonyl (C=O) groups excluding carboxylic acids is 2. The third-order valence-electron chi connectivity index (χ3n) is 2.72. The van der Waals surface area contributed by atoms with E-state index in [-0.39, 0.29) is 11.8 Å². The molecule has 0 fully saturated rings. The van der Waals surface area contributed by atoms with Gasteiger partial charge in [0.25, 0.3) is 11.8 Å². The molecule has 0 aromatic rings. The van der Waals surface area contributed by atoms with E-state index in [2.05, 4.69) is 5.32 Å². The third-order valence-corrected chi connectivity index (χ3v) is 2.72. The van der Waals surface area contributed by atoms with Crippen molar-refractivity contribution in [2.24, 2.45) is 0 Å². The van der Waals surface area contributed by atoms with E-state index in [9.17, 15) is 9.59 Å². The first-order valence-corrected chi connectivity index (χ1v) is 4.12. The van der Waals surface area contributed by atoms with Crippen molar-refractivity contribution in [3.05, 3.63) is 23.0 Å². The summed E-state index contributed by atoms with van der Waals surface area (Å²) in [5.74, 6) is -0.0545. The minimum absolute atomic E-state index is 0.300. The first-order valence-electron chi connectivity index (χ1n) is 4.12. The molecule has 4 heteroatoms. The van der Waals surface area contributed by atoms with Crippen molar-refractivity contribution in [1.82, 2.24) is 5.32 Å². The zero-order valence-corrected chi connectivity index (χ0v) is 7.01. The van der Waals surface area contributed by atoms with Gasteiger partial charge in [0.2, 0.25) is 0 Å². The fourth-order valence-electron chi connectivity index (χ4n) is 2.11. The number of amides is 2. The molecule has 3 aliphatic heterocycles. The van der Waals surface area contributed by atoms with Crippen LogP contribution in [0, 0.1) is 0 Å². The zero-order chi connectivity index (χ0) is 9.22. The third kappa shape index (κ3) is 0.589. The summed E-state index contributed by atoms with van der Waals surface area (Å²) in [7, 11) is 0. The van der Waals surface area contributed by atoms with E-state index in [0.717, 1.165) is 0 Å². The number of fused-ring (bicyclic) bond motifs is 4. The molecule has 1 unspecified atom stereocenters. The Morgan fingerprint density at radius 1 is 1.46 bits per heavy atom. The van der Waals surface area contributed by atoms with Crippen LogP contribution in [0.25, 0.3) is 0 Å². The van der Waals surface area contributed by atoms with Gasteiger partial charge in [-0.2, -0.15) is 0 Å². The maximum atomic E-state index is 11.4. The maximum absolute atomic E-state index is 11.4. The molecule has 0 saturated heterocycles. The maximum Gasteiger partial charge on any atom is 0.262 e. The molecule has 13 heavy (non-hydrogen) atoms. The van der Waals surface area contributed by atoms with Crippen LogP contribution in [0.2, 0.25) is 0 Å². The molecular formula is C9H7NO3. The van der Waals surface area contributed by atoms with Gasteiger partial charge >= 0.3 is 0 Å². The van der Waals surface area contributed by atoms with Gasteiger partial charge in [0.15, 0.2) is 0 Å². The first-order chi connectivity index (χ1) is 6.12. The van der Waals surface area contributed by atoms with E-state index in [1.165, 1.54) is 0 Å². The Bertz CT molecular complexity index is 419. The number of rotatable bonds is 0. The molecule has 0 radical (unpaired) electrons. The lowest BCUT2D eigenvalue weighted by Crippen LogP contribution is -2.33.